The maximum atomic E-state index is 12.8. The molecule has 6 heteroatoms. The molecule has 4 rings (SSSR count). The average Bonchev–Trinajstić information content (AvgIpc) is 3.05. The van der Waals surface area contributed by atoms with Gasteiger partial charge < -0.3 is 9.80 Å². The molecule has 0 aromatic carbocycles. The van der Waals surface area contributed by atoms with Crippen LogP contribution in [0.2, 0.25) is 0 Å². The van der Waals surface area contributed by atoms with Crippen LogP contribution in [-0.4, -0.2) is 51.9 Å². The number of carbonyl (C=O) groups excluding carboxylic acids is 1. The van der Waals surface area contributed by atoms with Crippen molar-refractivity contribution in [3.8, 4) is 0 Å². The molecule has 25 heavy (non-hydrogen) atoms. The highest BCUT2D eigenvalue weighted by molar-refractivity contribution is 5.94. The monoisotopic (exact) mass is 337 g/mol. The molecule has 0 N–H and O–H groups in total. The zero-order chi connectivity index (χ0) is 17.3. The van der Waals surface area contributed by atoms with Gasteiger partial charge in [0.05, 0.1) is 5.56 Å². The molecule has 2 aromatic rings. The molecule has 2 aliphatic rings. The fourth-order valence-electron chi connectivity index (χ4n) is 4.04. The van der Waals surface area contributed by atoms with Gasteiger partial charge in [0.2, 0.25) is 5.95 Å². The second kappa shape index (κ2) is 6.43. The molecule has 2 aromatic heterocycles. The van der Waals surface area contributed by atoms with Crippen molar-refractivity contribution in [2.24, 2.45) is 5.41 Å². The molecular weight excluding hydrogens is 314 g/mol. The number of pyridine rings is 1. The number of piperidine rings is 1. The van der Waals surface area contributed by atoms with Crippen LogP contribution in [0.15, 0.2) is 36.9 Å². The lowest BCUT2D eigenvalue weighted by molar-refractivity contribution is 0.0556. The Labute approximate surface area is 147 Å². The van der Waals surface area contributed by atoms with E-state index < -0.39 is 0 Å². The van der Waals surface area contributed by atoms with Gasteiger partial charge in [0.25, 0.3) is 5.91 Å². The molecule has 0 aliphatic carbocycles. The number of aryl methyl sites for hydroxylation is 1. The van der Waals surface area contributed by atoms with Crippen molar-refractivity contribution >= 4 is 11.9 Å². The third-order valence-corrected chi connectivity index (χ3v) is 5.35. The van der Waals surface area contributed by atoms with Gasteiger partial charge in [0, 0.05) is 56.4 Å². The normalized spacial score (nSPS) is 23.2. The third kappa shape index (κ3) is 3.21. The highest BCUT2D eigenvalue weighted by Crippen LogP contribution is 2.40. The second-order valence-corrected chi connectivity index (χ2v) is 7.30. The Morgan fingerprint density at radius 1 is 1.12 bits per heavy atom. The molecule has 1 spiro atoms. The van der Waals surface area contributed by atoms with E-state index in [1.807, 2.05) is 36.4 Å². The second-order valence-electron chi connectivity index (χ2n) is 7.30. The van der Waals surface area contributed by atoms with Crippen LogP contribution in [0, 0.1) is 12.3 Å². The predicted molar refractivity (Wildman–Crippen MR) is 95.4 cm³/mol. The SMILES string of the molecule is Cc1cnc(N2CC[C@]3(CCCN(C(=O)c4cccnc4)C3)C2)nc1. The number of nitrogens with zero attached hydrogens (tertiary/aromatic N) is 5. The van der Waals surface area contributed by atoms with Crippen molar-refractivity contribution in [3.63, 3.8) is 0 Å². The van der Waals surface area contributed by atoms with Crippen LogP contribution in [0.4, 0.5) is 5.95 Å². The van der Waals surface area contributed by atoms with E-state index in [4.69, 9.17) is 0 Å². The van der Waals surface area contributed by atoms with Gasteiger partial charge in [-0.15, -0.1) is 0 Å². The lowest BCUT2D eigenvalue weighted by atomic mass is 9.79. The van der Waals surface area contributed by atoms with E-state index in [0.29, 0.717) is 5.56 Å². The van der Waals surface area contributed by atoms with Gasteiger partial charge in [-0.1, -0.05) is 0 Å². The van der Waals surface area contributed by atoms with Crippen LogP contribution in [0.3, 0.4) is 0 Å². The van der Waals surface area contributed by atoms with E-state index >= 15 is 0 Å². The summed E-state index contributed by atoms with van der Waals surface area (Å²) in [5.41, 5.74) is 1.91. The Balaban J connectivity index is 1.47. The molecule has 0 unspecified atom stereocenters. The van der Waals surface area contributed by atoms with E-state index in [-0.39, 0.29) is 11.3 Å². The molecule has 1 atom stereocenters. The van der Waals surface area contributed by atoms with Crippen LogP contribution in [0.5, 0.6) is 0 Å². The van der Waals surface area contributed by atoms with Gasteiger partial charge in [0.15, 0.2) is 0 Å². The van der Waals surface area contributed by atoms with Crippen molar-refractivity contribution in [2.75, 3.05) is 31.1 Å². The standard InChI is InChI=1S/C19H23N5O/c1-15-10-21-18(22-11-15)24-9-6-19(14-24)5-3-8-23(13-19)17(25)16-4-2-7-20-12-16/h2,4,7,10-12H,3,5-6,8-9,13-14H2,1H3/t19-/m0/s1. The third-order valence-electron chi connectivity index (χ3n) is 5.35. The van der Waals surface area contributed by atoms with Crippen LogP contribution < -0.4 is 4.90 Å². The number of aromatic nitrogens is 3. The molecule has 2 fully saturated rings. The fourth-order valence-corrected chi connectivity index (χ4v) is 4.04. The topological polar surface area (TPSA) is 62.2 Å². The molecule has 130 valence electrons. The van der Waals surface area contributed by atoms with Crippen LogP contribution in [0.1, 0.15) is 35.2 Å². The number of carbonyl (C=O) groups is 1. The summed E-state index contributed by atoms with van der Waals surface area (Å²) in [6.45, 7) is 5.52. The van der Waals surface area contributed by atoms with E-state index in [9.17, 15) is 4.79 Å². The van der Waals surface area contributed by atoms with Crippen molar-refractivity contribution in [1.29, 1.82) is 0 Å². The van der Waals surface area contributed by atoms with Crippen molar-refractivity contribution < 1.29 is 4.79 Å². The summed E-state index contributed by atoms with van der Waals surface area (Å²) < 4.78 is 0. The van der Waals surface area contributed by atoms with Crippen LogP contribution >= 0.6 is 0 Å². The highest BCUT2D eigenvalue weighted by Gasteiger charge is 2.43. The Hall–Kier alpha value is -2.50. The van der Waals surface area contributed by atoms with Gasteiger partial charge in [-0.2, -0.15) is 0 Å². The zero-order valence-corrected chi connectivity index (χ0v) is 14.6. The predicted octanol–water partition coefficient (Wildman–Crippen LogP) is 2.31. The summed E-state index contributed by atoms with van der Waals surface area (Å²) in [5, 5.41) is 0. The Morgan fingerprint density at radius 2 is 1.96 bits per heavy atom. The van der Waals surface area contributed by atoms with Gasteiger partial charge in [-0.3, -0.25) is 9.78 Å². The van der Waals surface area contributed by atoms with Gasteiger partial charge in [0.1, 0.15) is 0 Å². The van der Waals surface area contributed by atoms with E-state index in [1.54, 1.807) is 12.4 Å². The fraction of sp³-hybridized carbons (Fsp3) is 0.474. The first-order valence-corrected chi connectivity index (χ1v) is 8.88. The molecule has 6 nitrogen and oxygen atoms in total. The van der Waals surface area contributed by atoms with Gasteiger partial charge in [-0.05, 0) is 43.9 Å². The number of anilines is 1. The first-order valence-electron chi connectivity index (χ1n) is 8.88. The minimum absolute atomic E-state index is 0.0946. The van der Waals surface area contributed by atoms with E-state index in [1.165, 1.54) is 0 Å². The molecular formula is C19H23N5O. The summed E-state index contributed by atoms with van der Waals surface area (Å²) in [7, 11) is 0. The van der Waals surface area contributed by atoms with Gasteiger partial charge >= 0.3 is 0 Å². The average molecular weight is 337 g/mol. The van der Waals surface area contributed by atoms with E-state index in [2.05, 4.69) is 19.9 Å². The Morgan fingerprint density at radius 3 is 2.72 bits per heavy atom. The number of rotatable bonds is 2. The first-order chi connectivity index (χ1) is 12.2. The van der Waals surface area contributed by atoms with E-state index in [0.717, 1.165) is 57.0 Å². The van der Waals surface area contributed by atoms with Crippen molar-refractivity contribution in [2.45, 2.75) is 26.2 Å². The zero-order valence-electron chi connectivity index (χ0n) is 14.6. The summed E-state index contributed by atoms with van der Waals surface area (Å²) in [6.07, 6.45) is 10.4. The molecule has 1 amide bonds. The number of hydrogen-bond acceptors (Lipinski definition) is 5. The first kappa shape index (κ1) is 16.0. The molecule has 2 saturated heterocycles. The smallest absolute Gasteiger partial charge is 0.255 e. The summed E-state index contributed by atoms with van der Waals surface area (Å²) >= 11 is 0. The largest absolute Gasteiger partial charge is 0.340 e. The molecule has 2 aliphatic heterocycles. The quantitative estimate of drug-likeness (QED) is 0.841. The minimum Gasteiger partial charge on any atom is -0.340 e. The number of amides is 1. The maximum absolute atomic E-state index is 12.8. The molecule has 4 heterocycles. The maximum Gasteiger partial charge on any atom is 0.255 e. The molecule has 0 radical (unpaired) electrons. The molecule has 0 saturated carbocycles. The number of hydrogen-bond donors (Lipinski definition) is 0. The van der Waals surface area contributed by atoms with Crippen molar-refractivity contribution in [3.05, 3.63) is 48.0 Å². The van der Waals surface area contributed by atoms with Crippen LogP contribution in [-0.2, 0) is 0 Å². The Bertz CT molecular complexity index is 748. The lowest BCUT2D eigenvalue weighted by Crippen LogP contribution is -2.47. The van der Waals surface area contributed by atoms with Crippen LogP contribution in [0.25, 0.3) is 0 Å². The Kier molecular flexibility index (Phi) is 4.11. The summed E-state index contributed by atoms with van der Waals surface area (Å²) in [6, 6.07) is 3.66. The highest BCUT2D eigenvalue weighted by atomic mass is 16.2. The summed E-state index contributed by atoms with van der Waals surface area (Å²) in [5.74, 6) is 0.899. The van der Waals surface area contributed by atoms with Gasteiger partial charge in [-0.25, -0.2) is 9.97 Å². The minimum atomic E-state index is 0.0946. The summed E-state index contributed by atoms with van der Waals surface area (Å²) in [4.78, 5) is 30.0. The lowest BCUT2D eigenvalue weighted by Gasteiger charge is -2.40. The molecule has 0 bridgehead atoms. The van der Waals surface area contributed by atoms with Crippen molar-refractivity contribution in [1.82, 2.24) is 19.9 Å². The number of likely N-dealkylation sites (tertiary alicyclic amines) is 1.